The van der Waals surface area contributed by atoms with E-state index in [9.17, 15) is 4.79 Å². The monoisotopic (exact) mass is 364 g/mol. The second-order valence-corrected chi connectivity index (χ2v) is 5.43. The number of rotatable bonds is 3. The predicted molar refractivity (Wildman–Crippen MR) is 84.8 cm³/mol. The van der Waals surface area contributed by atoms with Gasteiger partial charge in [0.05, 0.1) is 35.0 Å². The van der Waals surface area contributed by atoms with Crippen LogP contribution in [0.25, 0.3) is 0 Å². The fraction of sp³-hybridized carbons (Fsp3) is 0.0667. The molecule has 0 aliphatic rings. The molecule has 0 spiro atoms. The van der Waals surface area contributed by atoms with Crippen molar-refractivity contribution in [2.75, 3.05) is 12.4 Å². The first-order chi connectivity index (χ1) is 10.0. The zero-order chi connectivity index (χ0) is 15.4. The molecule has 2 aromatic carbocycles. The fourth-order valence-electron chi connectivity index (χ4n) is 1.73. The third kappa shape index (κ3) is 3.54. The summed E-state index contributed by atoms with van der Waals surface area (Å²) < 4.78 is 6.00. The average molecular weight is 366 g/mol. The lowest BCUT2D eigenvalue weighted by atomic mass is 10.1. The summed E-state index contributed by atoms with van der Waals surface area (Å²) in [7, 11) is 1.49. The first-order valence-electron chi connectivity index (χ1n) is 5.89. The Bertz CT molecular complexity index is 741. The smallest absolute Gasteiger partial charge is 0.259 e. The van der Waals surface area contributed by atoms with Crippen molar-refractivity contribution in [1.82, 2.24) is 0 Å². The van der Waals surface area contributed by atoms with Gasteiger partial charge in [0, 0.05) is 4.47 Å². The lowest BCUT2D eigenvalue weighted by molar-refractivity contribution is 0.102. The minimum atomic E-state index is -0.342. The summed E-state index contributed by atoms with van der Waals surface area (Å²) in [5.74, 6) is 0.109. The topological polar surface area (TPSA) is 62.1 Å². The lowest BCUT2D eigenvalue weighted by Crippen LogP contribution is -2.13. The second-order valence-electron chi connectivity index (χ2n) is 4.11. The Morgan fingerprint density at radius 3 is 2.71 bits per heavy atom. The zero-order valence-corrected chi connectivity index (χ0v) is 13.3. The maximum atomic E-state index is 12.3. The van der Waals surface area contributed by atoms with Gasteiger partial charge in [-0.15, -0.1) is 0 Å². The zero-order valence-electron chi connectivity index (χ0n) is 11.0. The molecule has 0 heterocycles. The van der Waals surface area contributed by atoms with Crippen molar-refractivity contribution < 1.29 is 9.53 Å². The van der Waals surface area contributed by atoms with E-state index in [4.69, 9.17) is 21.6 Å². The number of hydrogen-bond donors (Lipinski definition) is 1. The molecule has 2 rings (SSSR count). The highest BCUT2D eigenvalue weighted by Gasteiger charge is 2.14. The number of nitrogens with one attached hydrogen (secondary N) is 1. The molecular formula is C15H10BrClN2O2. The number of anilines is 1. The molecule has 21 heavy (non-hydrogen) atoms. The third-order valence-electron chi connectivity index (χ3n) is 2.75. The Kier molecular flexibility index (Phi) is 4.84. The number of carbonyl (C=O) groups excluding carboxylic acids is 1. The number of amides is 1. The molecule has 1 N–H and O–H groups in total. The van der Waals surface area contributed by atoms with Crippen molar-refractivity contribution in [2.24, 2.45) is 0 Å². The second kappa shape index (κ2) is 6.61. The van der Waals surface area contributed by atoms with Gasteiger partial charge in [0.25, 0.3) is 5.91 Å². The Hall–Kier alpha value is -2.03. The van der Waals surface area contributed by atoms with Crippen LogP contribution < -0.4 is 10.1 Å². The summed E-state index contributed by atoms with van der Waals surface area (Å²) >= 11 is 9.35. The van der Waals surface area contributed by atoms with E-state index in [-0.39, 0.29) is 5.91 Å². The molecule has 0 saturated heterocycles. The van der Waals surface area contributed by atoms with Gasteiger partial charge in [-0.1, -0.05) is 27.5 Å². The van der Waals surface area contributed by atoms with Gasteiger partial charge in [0.2, 0.25) is 0 Å². The van der Waals surface area contributed by atoms with Gasteiger partial charge in [0.15, 0.2) is 0 Å². The van der Waals surface area contributed by atoms with Crippen molar-refractivity contribution in [3.8, 4) is 11.8 Å². The number of carbonyl (C=O) groups is 1. The summed E-state index contributed by atoms with van der Waals surface area (Å²) in [6.45, 7) is 0. The molecule has 0 aliphatic heterocycles. The maximum Gasteiger partial charge on any atom is 0.259 e. The molecule has 0 aromatic heterocycles. The van der Waals surface area contributed by atoms with Crippen LogP contribution in [0.2, 0.25) is 5.02 Å². The molecule has 0 unspecified atom stereocenters. The van der Waals surface area contributed by atoms with Crippen molar-refractivity contribution in [3.05, 3.63) is 57.0 Å². The molecule has 2 aromatic rings. The van der Waals surface area contributed by atoms with E-state index >= 15 is 0 Å². The maximum absolute atomic E-state index is 12.3. The molecule has 4 nitrogen and oxygen atoms in total. The summed E-state index contributed by atoms with van der Waals surface area (Å²) in [4.78, 5) is 12.3. The Labute approximate surface area is 135 Å². The Morgan fingerprint density at radius 2 is 2.10 bits per heavy atom. The van der Waals surface area contributed by atoms with Crippen molar-refractivity contribution in [2.45, 2.75) is 0 Å². The molecule has 106 valence electrons. The van der Waals surface area contributed by atoms with Crippen molar-refractivity contribution in [1.29, 1.82) is 5.26 Å². The average Bonchev–Trinajstić information content (AvgIpc) is 2.48. The van der Waals surface area contributed by atoms with Gasteiger partial charge in [-0.25, -0.2) is 0 Å². The molecule has 0 fully saturated rings. The molecule has 6 heteroatoms. The van der Waals surface area contributed by atoms with Gasteiger partial charge in [-0.2, -0.15) is 5.26 Å². The van der Waals surface area contributed by atoms with Crippen LogP contribution >= 0.6 is 27.5 Å². The van der Waals surface area contributed by atoms with Crippen LogP contribution in [-0.4, -0.2) is 13.0 Å². The number of methoxy groups -OCH3 is 1. The summed E-state index contributed by atoms with van der Waals surface area (Å²) in [6.07, 6.45) is 0. The largest absolute Gasteiger partial charge is 0.496 e. The van der Waals surface area contributed by atoms with Gasteiger partial charge in [-0.3, -0.25) is 4.79 Å². The van der Waals surface area contributed by atoms with Crippen LogP contribution in [0.3, 0.4) is 0 Å². The molecule has 0 bridgehead atoms. The number of nitriles is 1. The van der Waals surface area contributed by atoms with Crippen LogP contribution in [0.15, 0.2) is 40.9 Å². The minimum absolute atomic E-state index is 0.304. The number of nitrogens with zero attached hydrogens (tertiary/aromatic N) is 1. The van der Waals surface area contributed by atoms with Crippen LogP contribution in [0, 0.1) is 11.3 Å². The molecule has 0 saturated carbocycles. The van der Waals surface area contributed by atoms with Crippen LogP contribution in [0.5, 0.6) is 5.75 Å². The summed E-state index contributed by atoms with van der Waals surface area (Å²) in [6, 6.07) is 11.7. The quantitative estimate of drug-likeness (QED) is 0.885. The predicted octanol–water partition coefficient (Wildman–Crippen LogP) is 4.24. The van der Waals surface area contributed by atoms with Crippen LogP contribution in [0.1, 0.15) is 15.9 Å². The molecular weight excluding hydrogens is 356 g/mol. The Morgan fingerprint density at radius 1 is 1.33 bits per heavy atom. The van der Waals surface area contributed by atoms with E-state index in [2.05, 4.69) is 21.2 Å². The molecule has 1 amide bonds. The van der Waals surface area contributed by atoms with E-state index in [1.807, 2.05) is 6.07 Å². The summed E-state index contributed by atoms with van der Waals surface area (Å²) in [5, 5.41) is 11.8. The van der Waals surface area contributed by atoms with E-state index in [1.165, 1.54) is 13.2 Å². The number of ether oxygens (including phenoxy) is 1. The molecule has 0 aliphatic carbocycles. The highest BCUT2D eigenvalue weighted by atomic mass is 79.9. The lowest BCUT2D eigenvalue weighted by Gasteiger charge is -2.11. The first-order valence-corrected chi connectivity index (χ1v) is 7.07. The number of hydrogen-bond acceptors (Lipinski definition) is 3. The standard InChI is InChI=1S/C15H10BrClN2O2/c1-21-14-7-10(16)3-4-11(14)15(20)19-13-5-2-9(8-18)6-12(13)17/h2-7H,1H3,(H,19,20). The van der Waals surface area contributed by atoms with E-state index < -0.39 is 0 Å². The SMILES string of the molecule is COc1cc(Br)ccc1C(=O)Nc1ccc(C#N)cc1Cl. The summed E-state index contributed by atoms with van der Waals surface area (Å²) in [5.41, 5.74) is 1.26. The Balaban J connectivity index is 2.28. The first kappa shape index (κ1) is 15.4. The minimum Gasteiger partial charge on any atom is -0.496 e. The normalized spacial score (nSPS) is 9.81. The van der Waals surface area contributed by atoms with E-state index in [1.54, 1.807) is 30.3 Å². The van der Waals surface area contributed by atoms with Gasteiger partial charge < -0.3 is 10.1 Å². The van der Waals surface area contributed by atoms with Crippen LogP contribution in [0.4, 0.5) is 5.69 Å². The van der Waals surface area contributed by atoms with E-state index in [0.717, 1.165) is 4.47 Å². The molecule has 0 atom stereocenters. The van der Waals surface area contributed by atoms with Crippen LogP contribution in [-0.2, 0) is 0 Å². The van der Waals surface area contributed by atoms with Gasteiger partial charge in [0.1, 0.15) is 5.75 Å². The fourth-order valence-corrected chi connectivity index (χ4v) is 2.30. The highest BCUT2D eigenvalue weighted by molar-refractivity contribution is 9.10. The van der Waals surface area contributed by atoms with E-state index in [0.29, 0.717) is 27.6 Å². The number of halogens is 2. The highest BCUT2D eigenvalue weighted by Crippen LogP contribution is 2.27. The van der Waals surface area contributed by atoms with Crippen molar-refractivity contribution in [3.63, 3.8) is 0 Å². The molecule has 0 radical (unpaired) electrons. The van der Waals surface area contributed by atoms with Gasteiger partial charge in [-0.05, 0) is 36.4 Å². The van der Waals surface area contributed by atoms with Gasteiger partial charge >= 0.3 is 0 Å². The number of benzene rings is 2. The van der Waals surface area contributed by atoms with Crippen molar-refractivity contribution >= 4 is 39.1 Å². The third-order valence-corrected chi connectivity index (χ3v) is 3.56.